The number of rotatable bonds is 8. The van der Waals surface area contributed by atoms with E-state index in [2.05, 4.69) is 0 Å². The van der Waals surface area contributed by atoms with E-state index in [4.69, 9.17) is 19.6 Å². The van der Waals surface area contributed by atoms with Gasteiger partial charge >= 0.3 is 0 Å². The summed E-state index contributed by atoms with van der Waals surface area (Å²) >= 11 is 0. The van der Waals surface area contributed by atoms with Crippen LogP contribution in [0.1, 0.15) is 67.2 Å². The third kappa shape index (κ3) is 8.87. The lowest BCUT2D eigenvalue weighted by atomic mass is 9.78. The van der Waals surface area contributed by atoms with Gasteiger partial charge in [0.05, 0.1) is 11.2 Å². The van der Waals surface area contributed by atoms with Crippen LogP contribution in [0.3, 0.4) is 0 Å². The normalized spacial score (nSPS) is 22.4. The fourth-order valence-corrected chi connectivity index (χ4v) is 2.50. The third-order valence-corrected chi connectivity index (χ3v) is 3.66. The van der Waals surface area contributed by atoms with E-state index < -0.39 is 11.2 Å². The van der Waals surface area contributed by atoms with Crippen molar-refractivity contribution in [1.82, 2.24) is 0 Å². The van der Waals surface area contributed by atoms with E-state index in [1.807, 2.05) is 41.5 Å². The highest BCUT2D eigenvalue weighted by atomic mass is 17.2. The van der Waals surface area contributed by atoms with Gasteiger partial charge in [-0.2, -0.15) is 0 Å². The van der Waals surface area contributed by atoms with Gasteiger partial charge in [-0.3, -0.25) is 9.59 Å². The summed E-state index contributed by atoms with van der Waals surface area (Å²) in [6.45, 7) is 11.1. The molecule has 0 unspecified atom stereocenters. The standard InChI is InChI=1S/C18H32O6/c1-17(2,3)23-21-11-15(19)13-7-9-14(10-8-13)16(20)12-22-24-18(4,5)6/h13-14H,7-12H2,1-6H3. The van der Waals surface area contributed by atoms with Crippen LogP contribution in [0, 0.1) is 11.8 Å². The molecule has 0 aromatic heterocycles. The molecule has 6 nitrogen and oxygen atoms in total. The first kappa shape index (κ1) is 21.2. The molecule has 24 heavy (non-hydrogen) atoms. The molecular weight excluding hydrogens is 312 g/mol. The van der Waals surface area contributed by atoms with Gasteiger partial charge in [-0.25, -0.2) is 19.6 Å². The largest absolute Gasteiger partial charge is 0.297 e. The number of carbonyl (C=O) groups excluding carboxylic acids is 2. The molecule has 0 saturated heterocycles. The number of carbonyl (C=O) groups is 2. The average Bonchev–Trinajstić information content (AvgIpc) is 2.44. The monoisotopic (exact) mass is 344 g/mol. The highest BCUT2D eigenvalue weighted by Gasteiger charge is 2.30. The zero-order valence-corrected chi connectivity index (χ0v) is 15.8. The quantitative estimate of drug-likeness (QED) is 0.496. The smallest absolute Gasteiger partial charge is 0.164 e. The van der Waals surface area contributed by atoms with E-state index in [0.717, 1.165) is 0 Å². The predicted molar refractivity (Wildman–Crippen MR) is 89.0 cm³/mol. The number of hydrogen-bond donors (Lipinski definition) is 0. The Morgan fingerprint density at radius 3 is 1.25 bits per heavy atom. The van der Waals surface area contributed by atoms with Gasteiger partial charge in [0.2, 0.25) is 0 Å². The highest BCUT2D eigenvalue weighted by Crippen LogP contribution is 2.30. The van der Waals surface area contributed by atoms with Crippen molar-refractivity contribution in [3.8, 4) is 0 Å². The van der Waals surface area contributed by atoms with Crippen LogP contribution in [-0.4, -0.2) is 36.0 Å². The molecule has 0 radical (unpaired) electrons. The van der Waals surface area contributed by atoms with Crippen molar-refractivity contribution in [3.63, 3.8) is 0 Å². The second-order valence-corrected chi connectivity index (χ2v) is 8.40. The summed E-state index contributed by atoms with van der Waals surface area (Å²) < 4.78 is 0. The summed E-state index contributed by atoms with van der Waals surface area (Å²) in [5.41, 5.74) is -0.862. The second kappa shape index (κ2) is 9.04. The van der Waals surface area contributed by atoms with Crippen molar-refractivity contribution in [2.24, 2.45) is 11.8 Å². The minimum Gasteiger partial charge on any atom is -0.297 e. The van der Waals surface area contributed by atoms with Crippen molar-refractivity contribution in [2.45, 2.75) is 78.4 Å². The molecule has 1 rings (SSSR count). The molecule has 1 aliphatic rings. The van der Waals surface area contributed by atoms with Crippen LogP contribution in [0.5, 0.6) is 0 Å². The van der Waals surface area contributed by atoms with Gasteiger partial charge in [0.25, 0.3) is 0 Å². The van der Waals surface area contributed by atoms with Crippen LogP contribution in [0.4, 0.5) is 0 Å². The Hall–Kier alpha value is -0.820. The third-order valence-electron chi connectivity index (χ3n) is 3.66. The first-order chi connectivity index (χ1) is 11.0. The lowest BCUT2D eigenvalue weighted by Gasteiger charge is -2.27. The Morgan fingerprint density at radius 1 is 0.708 bits per heavy atom. The lowest BCUT2D eigenvalue weighted by molar-refractivity contribution is -0.343. The molecule has 1 aliphatic carbocycles. The first-order valence-electron chi connectivity index (χ1n) is 8.64. The summed E-state index contributed by atoms with van der Waals surface area (Å²) in [5, 5.41) is 0. The van der Waals surface area contributed by atoms with Crippen molar-refractivity contribution in [1.29, 1.82) is 0 Å². The fraction of sp³-hybridized carbons (Fsp3) is 0.889. The number of Topliss-reactive ketones (excluding diaryl/α,β-unsaturated/α-hetero) is 2. The van der Waals surface area contributed by atoms with Crippen molar-refractivity contribution in [2.75, 3.05) is 13.2 Å². The average molecular weight is 344 g/mol. The van der Waals surface area contributed by atoms with Crippen LogP contribution < -0.4 is 0 Å². The molecule has 0 spiro atoms. The van der Waals surface area contributed by atoms with E-state index in [1.54, 1.807) is 0 Å². The Labute approximate surface area is 145 Å². The van der Waals surface area contributed by atoms with Gasteiger partial charge in [-0.15, -0.1) is 0 Å². The summed E-state index contributed by atoms with van der Waals surface area (Å²) in [7, 11) is 0. The summed E-state index contributed by atoms with van der Waals surface area (Å²) in [4.78, 5) is 44.5. The maximum atomic E-state index is 12.1. The van der Waals surface area contributed by atoms with E-state index in [1.165, 1.54) is 0 Å². The van der Waals surface area contributed by atoms with E-state index in [-0.39, 0.29) is 36.6 Å². The van der Waals surface area contributed by atoms with E-state index in [9.17, 15) is 9.59 Å². The van der Waals surface area contributed by atoms with Crippen LogP contribution >= 0.6 is 0 Å². The molecule has 0 aromatic rings. The Kier molecular flexibility index (Phi) is 7.99. The molecule has 0 aliphatic heterocycles. The minimum absolute atomic E-state index is 0.0386. The van der Waals surface area contributed by atoms with Gasteiger partial charge in [0.1, 0.15) is 13.2 Å². The van der Waals surface area contributed by atoms with E-state index >= 15 is 0 Å². The molecule has 0 heterocycles. The number of hydrogen-bond acceptors (Lipinski definition) is 6. The lowest BCUT2D eigenvalue weighted by Crippen LogP contribution is -2.31. The van der Waals surface area contributed by atoms with Crippen LogP contribution in [0.15, 0.2) is 0 Å². The molecule has 6 heteroatoms. The van der Waals surface area contributed by atoms with Gasteiger partial charge in [-0.1, -0.05) is 0 Å². The van der Waals surface area contributed by atoms with Gasteiger partial charge < -0.3 is 0 Å². The Balaban J connectivity index is 2.25. The summed E-state index contributed by atoms with van der Waals surface area (Å²) in [6, 6.07) is 0. The highest BCUT2D eigenvalue weighted by molar-refractivity contribution is 5.84. The van der Waals surface area contributed by atoms with Crippen LogP contribution in [0.2, 0.25) is 0 Å². The minimum atomic E-state index is -0.431. The first-order valence-corrected chi connectivity index (χ1v) is 8.64. The molecule has 140 valence electrons. The summed E-state index contributed by atoms with van der Waals surface area (Å²) in [5.74, 6) is -0.0244. The second-order valence-electron chi connectivity index (χ2n) is 8.40. The Morgan fingerprint density at radius 2 is 1.00 bits per heavy atom. The molecule has 0 amide bonds. The maximum Gasteiger partial charge on any atom is 0.164 e. The number of ketones is 2. The van der Waals surface area contributed by atoms with Gasteiger partial charge in [0, 0.05) is 11.8 Å². The van der Waals surface area contributed by atoms with E-state index in [0.29, 0.717) is 25.7 Å². The zero-order chi connectivity index (χ0) is 18.4. The molecule has 0 N–H and O–H groups in total. The Bertz CT molecular complexity index is 370. The fourth-order valence-electron chi connectivity index (χ4n) is 2.50. The predicted octanol–water partition coefficient (Wildman–Crippen LogP) is 3.42. The van der Waals surface area contributed by atoms with Crippen molar-refractivity contribution in [3.05, 3.63) is 0 Å². The topological polar surface area (TPSA) is 71.1 Å². The van der Waals surface area contributed by atoms with Gasteiger partial charge in [0.15, 0.2) is 11.6 Å². The van der Waals surface area contributed by atoms with Crippen molar-refractivity contribution >= 4 is 11.6 Å². The molecule has 0 aromatic carbocycles. The molecule has 1 fully saturated rings. The summed E-state index contributed by atoms with van der Waals surface area (Å²) in [6.07, 6.45) is 2.81. The molecule has 1 saturated carbocycles. The SMILES string of the molecule is CC(C)(C)OOCC(=O)C1CCC(C(=O)COOC(C)(C)C)CC1. The van der Waals surface area contributed by atoms with Gasteiger partial charge in [-0.05, 0) is 67.2 Å². The molecular formula is C18H32O6. The zero-order valence-electron chi connectivity index (χ0n) is 15.8. The maximum absolute atomic E-state index is 12.1. The van der Waals surface area contributed by atoms with Crippen LogP contribution in [-0.2, 0) is 29.1 Å². The van der Waals surface area contributed by atoms with Crippen LogP contribution in [0.25, 0.3) is 0 Å². The van der Waals surface area contributed by atoms with Crippen molar-refractivity contribution < 1.29 is 29.1 Å². The molecule has 0 atom stereocenters. The molecule has 0 bridgehead atoms.